The Labute approximate surface area is 127 Å². The molecule has 0 spiro atoms. The van der Waals surface area contributed by atoms with Crippen molar-refractivity contribution in [1.82, 2.24) is 0 Å². The second-order valence-corrected chi connectivity index (χ2v) is 5.25. The Kier molecular flexibility index (Phi) is 4.43. The van der Waals surface area contributed by atoms with E-state index in [0.717, 1.165) is 5.75 Å². The summed E-state index contributed by atoms with van der Waals surface area (Å²) in [5.41, 5.74) is 12.4. The van der Waals surface area contributed by atoms with Crippen molar-refractivity contribution >= 4 is 34.4 Å². The number of hydrogen-bond donors (Lipinski definition) is 3. The zero-order valence-electron chi connectivity index (χ0n) is 11.8. The molecule has 0 unspecified atom stereocenters. The molecule has 0 saturated heterocycles. The van der Waals surface area contributed by atoms with Crippen molar-refractivity contribution in [2.75, 3.05) is 16.8 Å². The first-order chi connectivity index (χ1) is 9.88. The molecule has 2 aromatic rings. The van der Waals surface area contributed by atoms with E-state index in [1.54, 1.807) is 24.3 Å². The third-order valence-corrected chi connectivity index (χ3v) is 3.14. The summed E-state index contributed by atoms with van der Waals surface area (Å²) in [7, 11) is 0. The molecule has 21 heavy (non-hydrogen) atoms. The summed E-state index contributed by atoms with van der Waals surface area (Å²) in [6.07, 6.45) is 0.0906. The highest BCUT2D eigenvalue weighted by molar-refractivity contribution is 6.33. The SMILES string of the molecule is CC(C)Oc1ccc(Nc2c(N)cc(N)c(Cl)c2F)cc1. The van der Waals surface area contributed by atoms with Gasteiger partial charge in [-0.25, -0.2) is 4.39 Å². The van der Waals surface area contributed by atoms with Gasteiger partial charge in [-0.15, -0.1) is 0 Å². The number of nitrogens with one attached hydrogen (secondary N) is 1. The molecule has 0 amide bonds. The molecule has 5 N–H and O–H groups in total. The molecular formula is C15H17ClFN3O. The van der Waals surface area contributed by atoms with Gasteiger partial charge in [-0.2, -0.15) is 0 Å². The Morgan fingerprint density at radius 3 is 2.33 bits per heavy atom. The van der Waals surface area contributed by atoms with Crippen LogP contribution in [0.1, 0.15) is 13.8 Å². The molecule has 0 atom stereocenters. The van der Waals surface area contributed by atoms with E-state index in [1.807, 2.05) is 13.8 Å². The van der Waals surface area contributed by atoms with E-state index in [-0.39, 0.29) is 28.2 Å². The Hall–Kier alpha value is -2.14. The van der Waals surface area contributed by atoms with Crippen LogP contribution in [0.4, 0.5) is 27.1 Å². The number of anilines is 4. The van der Waals surface area contributed by atoms with Gasteiger partial charge in [-0.1, -0.05) is 11.6 Å². The third-order valence-electron chi connectivity index (χ3n) is 2.76. The van der Waals surface area contributed by atoms with E-state index < -0.39 is 5.82 Å². The van der Waals surface area contributed by atoms with Gasteiger partial charge < -0.3 is 21.5 Å². The van der Waals surface area contributed by atoms with Crippen molar-refractivity contribution in [3.05, 3.63) is 41.2 Å². The monoisotopic (exact) mass is 309 g/mol. The average Bonchev–Trinajstić information content (AvgIpc) is 2.42. The number of ether oxygens (including phenoxy) is 1. The second kappa shape index (κ2) is 6.10. The van der Waals surface area contributed by atoms with Crippen molar-refractivity contribution in [3.8, 4) is 5.75 Å². The largest absolute Gasteiger partial charge is 0.491 e. The molecule has 0 bridgehead atoms. The minimum absolute atomic E-state index is 0.0906. The average molecular weight is 310 g/mol. The maximum atomic E-state index is 14.1. The van der Waals surface area contributed by atoms with Gasteiger partial charge in [0.15, 0.2) is 5.82 Å². The second-order valence-electron chi connectivity index (χ2n) is 4.87. The molecule has 0 aliphatic rings. The van der Waals surface area contributed by atoms with Gasteiger partial charge in [0.1, 0.15) is 10.8 Å². The first kappa shape index (κ1) is 15.3. The van der Waals surface area contributed by atoms with E-state index in [1.165, 1.54) is 6.07 Å². The number of halogens is 2. The summed E-state index contributed by atoms with van der Waals surface area (Å²) in [4.78, 5) is 0. The van der Waals surface area contributed by atoms with Gasteiger partial charge in [0.05, 0.1) is 23.2 Å². The lowest BCUT2D eigenvalue weighted by atomic mass is 10.2. The van der Waals surface area contributed by atoms with E-state index in [9.17, 15) is 4.39 Å². The molecule has 0 saturated carbocycles. The normalized spacial score (nSPS) is 10.7. The predicted octanol–water partition coefficient (Wildman–Crippen LogP) is 4.17. The molecule has 4 nitrogen and oxygen atoms in total. The van der Waals surface area contributed by atoms with Crippen LogP contribution in [0, 0.1) is 5.82 Å². The lowest BCUT2D eigenvalue weighted by Gasteiger charge is -2.14. The first-order valence-electron chi connectivity index (χ1n) is 6.45. The molecule has 2 aromatic carbocycles. The number of benzene rings is 2. The highest BCUT2D eigenvalue weighted by atomic mass is 35.5. The van der Waals surface area contributed by atoms with Gasteiger partial charge in [0.25, 0.3) is 0 Å². The van der Waals surface area contributed by atoms with Gasteiger partial charge in [0, 0.05) is 5.69 Å². The highest BCUT2D eigenvalue weighted by Crippen LogP contribution is 2.35. The van der Waals surface area contributed by atoms with Crippen LogP contribution in [0.25, 0.3) is 0 Å². The van der Waals surface area contributed by atoms with E-state index in [0.29, 0.717) is 5.69 Å². The molecule has 112 valence electrons. The fraction of sp³-hybridized carbons (Fsp3) is 0.200. The van der Waals surface area contributed by atoms with E-state index in [2.05, 4.69) is 5.32 Å². The molecule has 0 heterocycles. The molecule has 6 heteroatoms. The summed E-state index contributed by atoms with van der Waals surface area (Å²) in [5, 5.41) is 2.75. The third kappa shape index (κ3) is 3.49. The van der Waals surface area contributed by atoms with Crippen LogP contribution in [0.5, 0.6) is 5.75 Å². The van der Waals surface area contributed by atoms with Crippen LogP contribution in [0.2, 0.25) is 5.02 Å². The van der Waals surface area contributed by atoms with Crippen LogP contribution in [0.3, 0.4) is 0 Å². The minimum atomic E-state index is -0.670. The predicted molar refractivity (Wildman–Crippen MR) is 85.7 cm³/mol. The molecule has 0 fully saturated rings. The Balaban J connectivity index is 2.24. The number of rotatable bonds is 4. The topological polar surface area (TPSA) is 73.3 Å². The smallest absolute Gasteiger partial charge is 0.169 e. The fourth-order valence-electron chi connectivity index (χ4n) is 1.83. The Bertz CT molecular complexity index is 644. The van der Waals surface area contributed by atoms with Crippen LogP contribution in [-0.4, -0.2) is 6.10 Å². The molecule has 0 aliphatic carbocycles. The van der Waals surface area contributed by atoms with Crippen molar-refractivity contribution in [2.24, 2.45) is 0 Å². The first-order valence-corrected chi connectivity index (χ1v) is 6.83. The van der Waals surface area contributed by atoms with Gasteiger partial charge in [-0.05, 0) is 44.2 Å². The van der Waals surface area contributed by atoms with Crippen LogP contribution in [-0.2, 0) is 0 Å². The Morgan fingerprint density at radius 1 is 1.14 bits per heavy atom. The van der Waals surface area contributed by atoms with Crippen LogP contribution >= 0.6 is 11.6 Å². The van der Waals surface area contributed by atoms with Gasteiger partial charge in [-0.3, -0.25) is 0 Å². The Morgan fingerprint density at radius 2 is 1.76 bits per heavy atom. The van der Waals surface area contributed by atoms with Crippen LogP contribution in [0.15, 0.2) is 30.3 Å². The van der Waals surface area contributed by atoms with E-state index >= 15 is 0 Å². The summed E-state index contributed by atoms with van der Waals surface area (Å²) < 4.78 is 19.6. The molecular weight excluding hydrogens is 293 g/mol. The molecule has 0 radical (unpaired) electrons. The summed E-state index contributed by atoms with van der Waals surface area (Å²) in [5.74, 6) is 0.0657. The summed E-state index contributed by atoms with van der Waals surface area (Å²) in [6, 6.07) is 8.52. The van der Waals surface area contributed by atoms with Crippen molar-refractivity contribution in [2.45, 2.75) is 20.0 Å². The lowest BCUT2D eigenvalue weighted by Crippen LogP contribution is -2.05. The lowest BCUT2D eigenvalue weighted by molar-refractivity contribution is 0.242. The maximum absolute atomic E-state index is 14.1. The zero-order chi connectivity index (χ0) is 15.6. The van der Waals surface area contributed by atoms with E-state index in [4.69, 9.17) is 27.8 Å². The number of hydrogen-bond acceptors (Lipinski definition) is 4. The quantitative estimate of drug-likeness (QED) is 0.741. The number of nitrogen functional groups attached to an aromatic ring is 2. The van der Waals surface area contributed by atoms with Crippen molar-refractivity contribution < 1.29 is 9.13 Å². The molecule has 0 aliphatic heterocycles. The molecule has 0 aromatic heterocycles. The summed E-state index contributed by atoms with van der Waals surface area (Å²) >= 11 is 5.79. The maximum Gasteiger partial charge on any atom is 0.169 e. The summed E-state index contributed by atoms with van der Waals surface area (Å²) in [6.45, 7) is 3.89. The fourth-order valence-corrected chi connectivity index (χ4v) is 1.98. The van der Waals surface area contributed by atoms with Crippen LogP contribution < -0.4 is 21.5 Å². The number of nitrogens with two attached hydrogens (primary N) is 2. The standard InChI is InChI=1S/C15H17ClFN3O/c1-8(2)21-10-5-3-9(4-6-10)20-15-12(19)7-11(18)13(16)14(15)17/h3-8,20H,18-19H2,1-2H3. The van der Waals surface area contributed by atoms with Crippen molar-refractivity contribution in [3.63, 3.8) is 0 Å². The molecule has 2 rings (SSSR count). The highest BCUT2D eigenvalue weighted by Gasteiger charge is 2.14. The van der Waals surface area contributed by atoms with Crippen molar-refractivity contribution in [1.29, 1.82) is 0 Å². The van der Waals surface area contributed by atoms with Gasteiger partial charge >= 0.3 is 0 Å². The van der Waals surface area contributed by atoms with Gasteiger partial charge in [0.2, 0.25) is 0 Å². The minimum Gasteiger partial charge on any atom is -0.491 e. The zero-order valence-corrected chi connectivity index (χ0v) is 12.5.